The van der Waals surface area contributed by atoms with Crippen molar-refractivity contribution in [3.05, 3.63) is 26.6 Å². The van der Waals surface area contributed by atoms with Crippen LogP contribution < -0.4 is 10.1 Å². The summed E-state index contributed by atoms with van der Waals surface area (Å²) < 4.78 is 7.85. The number of halogens is 2. The first-order valence-electron chi connectivity index (χ1n) is 7.37. The molecule has 0 aromatic heterocycles. The van der Waals surface area contributed by atoms with E-state index in [-0.39, 0.29) is 5.54 Å². The second-order valence-corrected chi connectivity index (χ2v) is 6.77. The Morgan fingerprint density at radius 1 is 1.05 bits per heavy atom. The average Bonchev–Trinajstić information content (AvgIpc) is 2.44. The number of nitrogens with one attached hydrogen (secondary N) is 1. The molecule has 0 bridgehead atoms. The summed E-state index contributed by atoms with van der Waals surface area (Å²) in [6.45, 7) is 10.3. The van der Waals surface area contributed by atoms with Crippen LogP contribution in [0.3, 0.4) is 0 Å². The largest absolute Gasteiger partial charge is 0.492 e. The van der Waals surface area contributed by atoms with Crippen LogP contribution in [0.1, 0.15) is 52.5 Å². The van der Waals surface area contributed by atoms with Gasteiger partial charge in [-0.2, -0.15) is 0 Å². The van der Waals surface area contributed by atoms with Crippen LogP contribution in [-0.4, -0.2) is 12.1 Å². The summed E-state index contributed by atoms with van der Waals surface area (Å²) in [5, 5.41) is 3.73. The van der Waals surface area contributed by atoms with E-state index in [1.807, 2.05) is 13.0 Å². The quantitative estimate of drug-likeness (QED) is 0.600. The number of hydrogen-bond acceptors (Lipinski definition) is 2. The van der Waals surface area contributed by atoms with E-state index >= 15 is 0 Å². The van der Waals surface area contributed by atoms with Crippen LogP contribution in [0.2, 0.25) is 0 Å². The highest BCUT2D eigenvalue weighted by molar-refractivity contribution is 9.11. The van der Waals surface area contributed by atoms with E-state index in [9.17, 15) is 0 Å². The van der Waals surface area contributed by atoms with Crippen LogP contribution >= 0.6 is 31.9 Å². The van der Waals surface area contributed by atoms with Crippen molar-refractivity contribution in [1.82, 2.24) is 5.32 Å². The van der Waals surface area contributed by atoms with Crippen molar-refractivity contribution in [2.45, 2.75) is 59.0 Å². The molecule has 0 saturated carbocycles. The van der Waals surface area contributed by atoms with E-state index in [1.165, 1.54) is 5.56 Å². The maximum Gasteiger partial charge on any atom is 0.138 e. The maximum absolute atomic E-state index is 5.78. The average molecular weight is 407 g/mol. The zero-order valence-corrected chi connectivity index (χ0v) is 16.0. The summed E-state index contributed by atoms with van der Waals surface area (Å²) in [6.07, 6.45) is 3.41. The minimum atomic E-state index is 0.221. The van der Waals surface area contributed by atoms with Gasteiger partial charge in [-0.3, -0.25) is 0 Å². The van der Waals surface area contributed by atoms with E-state index in [4.69, 9.17) is 4.74 Å². The van der Waals surface area contributed by atoms with Gasteiger partial charge in [0.1, 0.15) is 5.75 Å². The SMILES string of the molecule is CCOc1c(Br)cc(Br)cc1CNC(CC)(CC)CC. The molecule has 1 aromatic carbocycles. The van der Waals surface area contributed by atoms with Crippen molar-refractivity contribution in [3.63, 3.8) is 0 Å². The lowest BCUT2D eigenvalue weighted by molar-refractivity contribution is 0.282. The molecule has 0 unspecified atom stereocenters. The van der Waals surface area contributed by atoms with Gasteiger partial charge in [0.15, 0.2) is 0 Å². The number of hydrogen-bond donors (Lipinski definition) is 1. The molecule has 0 amide bonds. The molecular weight excluding hydrogens is 382 g/mol. The Morgan fingerprint density at radius 2 is 1.65 bits per heavy atom. The van der Waals surface area contributed by atoms with E-state index in [0.29, 0.717) is 6.61 Å². The highest BCUT2D eigenvalue weighted by Gasteiger charge is 2.23. The normalized spacial score (nSPS) is 11.7. The molecule has 0 aliphatic carbocycles. The number of rotatable bonds is 8. The summed E-state index contributed by atoms with van der Waals surface area (Å²) >= 11 is 7.14. The molecule has 0 atom stereocenters. The van der Waals surface area contributed by atoms with Gasteiger partial charge >= 0.3 is 0 Å². The Morgan fingerprint density at radius 3 is 2.15 bits per heavy atom. The Kier molecular flexibility index (Phi) is 7.56. The second kappa shape index (κ2) is 8.40. The zero-order chi connectivity index (χ0) is 15.2. The molecule has 2 nitrogen and oxygen atoms in total. The lowest BCUT2D eigenvalue weighted by atomic mass is 9.89. The molecule has 1 rings (SSSR count). The summed E-state index contributed by atoms with van der Waals surface area (Å²) in [4.78, 5) is 0. The van der Waals surface area contributed by atoms with Gasteiger partial charge in [-0.15, -0.1) is 0 Å². The molecule has 0 heterocycles. The first kappa shape index (κ1) is 18.0. The molecule has 114 valence electrons. The van der Waals surface area contributed by atoms with Gasteiger partial charge in [-0.05, 0) is 54.2 Å². The predicted molar refractivity (Wildman–Crippen MR) is 93.5 cm³/mol. The molecule has 4 heteroatoms. The first-order chi connectivity index (χ1) is 9.51. The first-order valence-corrected chi connectivity index (χ1v) is 8.96. The van der Waals surface area contributed by atoms with Gasteiger partial charge in [0, 0.05) is 22.1 Å². The fourth-order valence-electron chi connectivity index (χ4n) is 2.46. The number of ether oxygens (including phenoxy) is 1. The third-order valence-corrected chi connectivity index (χ3v) is 5.11. The lowest BCUT2D eigenvalue weighted by Gasteiger charge is -2.32. The van der Waals surface area contributed by atoms with E-state index < -0.39 is 0 Å². The van der Waals surface area contributed by atoms with Gasteiger partial charge in [0.2, 0.25) is 0 Å². The molecular formula is C16H25Br2NO. The van der Waals surface area contributed by atoms with Crippen LogP contribution in [0, 0.1) is 0 Å². The third kappa shape index (κ3) is 4.47. The molecule has 0 radical (unpaired) electrons. The van der Waals surface area contributed by atoms with Crippen LogP contribution in [0.5, 0.6) is 5.75 Å². The van der Waals surface area contributed by atoms with Gasteiger partial charge in [-0.25, -0.2) is 0 Å². The summed E-state index contributed by atoms with van der Waals surface area (Å²) in [5.74, 6) is 0.945. The van der Waals surface area contributed by atoms with Crippen molar-refractivity contribution in [2.24, 2.45) is 0 Å². The van der Waals surface area contributed by atoms with Crippen molar-refractivity contribution in [3.8, 4) is 5.75 Å². The van der Waals surface area contributed by atoms with Crippen molar-refractivity contribution < 1.29 is 4.74 Å². The minimum Gasteiger partial charge on any atom is -0.492 e. The third-order valence-electron chi connectivity index (χ3n) is 4.06. The maximum atomic E-state index is 5.78. The molecule has 0 saturated heterocycles. The fraction of sp³-hybridized carbons (Fsp3) is 0.625. The Hall–Kier alpha value is -0.0600. The predicted octanol–water partition coefficient (Wildman–Crippen LogP) is 5.67. The van der Waals surface area contributed by atoms with E-state index in [0.717, 1.165) is 40.5 Å². The molecule has 20 heavy (non-hydrogen) atoms. The van der Waals surface area contributed by atoms with Crippen molar-refractivity contribution in [2.75, 3.05) is 6.61 Å². The van der Waals surface area contributed by atoms with Gasteiger partial charge in [0.05, 0.1) is 11.1 Å². The Balaban J connectivity index is 2.96. The Labute approximate surface area is 139 Å². The fourth-order valence-corrected chi connectivity index (χ4v) is 3.89. The van der Waals surface area contributed by atoms with Crippen molar-refractivity contribution in [1.29, 1.82) is 0 Å². The van der Waals surface area contributed by atoms with E-state index in [1.54, 1.807) is 0 Å². The van der Waals surface area contributed by atoms with Gasteiger partial charge in [-0.1, -0.05) is 36.7 Å². The number of benzene rings is 1. The smallest absolute Gasteiger partial charge is 0.138 e. The molecule has 1 N–H and O–H groups in total. The molecule has 1 aromatic rings. The summed E-state index contributed by atoms with van der Waals surface area (Å²) in [5.41, 5.74) is 1.41. The highest BCUT2D eigenvalue weighted by atomic mass is 79.9. The lowest BCUT2D eigenvalue weighted by Crippen LogP contribution is -2.43. The van der Waals surface area contributed by atoms with Crippen molar-refractivity contribution >= 4 is 31.9 Å². The van der Waals surface area contributed by atoms with Gasteiger partial charge < -0.3 is 10.1 Å². The molecule has 0 fully saturated rings. The van der Waals surface area contributed by atoms with E-state index in [2.05, 4.69) is 64.0 Å². The minimum absolute atomic E-state index is 0.221. The van der Waals surface area contributed by atoms with Gasteiger partial charge in [0.25, 0.3) is 0 Å². The van der Waals surface area contributed by atoms with Crippen LogP contribution in [0.15, 0.2) is 21.1 Å². The monoisotopic (exact) mass is 405 g/mol. The van der Waals surface area contributed by atoms with Crippen LogP contribution in [-0.2, 0) is 6.54 Å². The zero-order valence-electron chi connectivity index (χ0n) is 12.9. The summed E-state index contributed by atoms with van der Waals surface area (Å²) in [6, 6.07) is 4.16. The highest BCUT2D eigenvalue weighted by Crippen LogP contribution is 2.33. The topological polar surface area (TPSA) is 21.3 Å². The standard InChI is InChI=1S/C16H25Br2NO/c1-5-16(6-2,7-3)19-11-12-9-13(17)10-14(18)15(12)20-8-4/h9-10,19H,5-8,11H2,1-4H3. The summed E-state index contributed by atoms with van der Waals surface area (Å²) in [7, 11) is 0. The molecule has 0 aliphatic rings. The molecule has 0 spiro atoms. The van der Waals surface area contributed by atoms with Crippen LogP contribution in [0.4, 0.5) is 0 Å². The Bertz CT molecular complexity index is 422. The molecule has 0 aliphatic heterocycles. The van der Waals surface area contributed by atoms with Crippen LogP contribution in [0.25, 0.3) is 0 Å². The second-order valence-electron chi connectivity index (χ2n) is 5.00.